The summed E-state index contributed by atoms with van der Waals surface area (Å²) in [6.45, 7) is 2.08. The topological polar surface area (TPSA) is 81.2 Å². The van der Waals surface area contributed by atoms with Crippen molar-refractivity contribution in [3.05, 3.63) is 12.2 Å². The Bertz CT molecular complexity index is 796. The van der Waals surface area contributed by atoms with Crippen LogP contribution in [0.15, 0.2) is 12.2 Å². The van der Waals surface area contributed by atoms with Crippen molar-refractivity contribution in [2.24, 2.45) is 47.3 Å². The number of imide groups is 2. The van der Waals surface area contributed by atoms with Gasteiger partial charge in [-0.15, -0.1) is 0 Å². The molecule has 0 spiro atoms. The molecule has 2 heterocycles. The molecule has 4 amide bonds. The lowest BCUT2D eigenvalue weighted by Crippen LogP contribution is -2.63. The normalized spacial score (nSPS) is 41.1. The third-order valence-electron chi connectivity index (χ3n) is 8.07. The number of likely N-dealkylation sites (tertiary alicyclic amines) is 2. The van der Waals surface area contributed by atoms with Gasteiger partial charge in [0.2, 0.25) is 23.6 Å². The van der Waals surface area contributed by atoms with Crippen LogP contribution in [0, 0.1) is 47.3 Å². The van der Waals surface area contributed by atoms with Crippen LogP contribution in [-0.4, -0.2) is 97.6 Å². The van der Waals surface area contributed by atoms with Crippen LogP contribution < -0.4 is 0 Å². The maximum absolute atomic E-state index is 13.2. The zero-order chi connectivity index (χ0) is 21.5. The van der Waals surface area contributed by atoms with Gasteiger partial charge in [-0.1, -0.05) is 12.2 Å². The number of hydrogen-bond acceptors (Lipinski definition) is 6. The Morgan fingerprint density at radius 3 is 1.30 bits per heavy atom. The van der Waals surface area contributed by atoms with E-state index in [9.17, 15) is 19.2 Å². The van der Waals surface area contributed by atoms with E-state index in [0.29, 0.717) is 26.2 Å². The Hall–Kier alpha value is -2.06. The van der Waals surface area contributed by atoms with E-state index in [1.807, 2.05) is 38.0 Å². The van der Waals surface area contributed by atoms with Crippen LogP contribution in [0.1, 0.15) is 0 Å². The number of allylic oxidation sites excluding steroid dienone is 2. The van der Waals surface area contributed by atoms with Crippen LogP contribution in [0.4, 0.5) is 0 Å². The summed E-state index contributed by atoms with van der Waals surface area (Å²) in [5.74, 6) is -1.90. The Morgan fingerprint density at radius 1 is 0.633 bits per heavy atom. The molecule has 0 aromatic heterocycles. The van der Waals surface area contributed by atoms with Gasteiger partial charge in [-0.3, -0.25) is 29.0 Å². The molecule has 4 fully saturated rings. The van der Waals surface area contributed by atoms with Gasteiger partial charge in [0.15, 0.2) is 0 Å². The van der Waals surface area contributed by atoms with Gasteiger partial charge < -0.3 is 9.80 Å². The molecular formula is C22H30N4O4. The zero-order valence-corrected chi connectivity index (χ0v) is 18.0. The van der Waals surface area contributed by atoms with Crippen LogP contribution >= 0.6 is 0 Å². The fraction of sp³-hybridized carbons (Fsp3) is 0.727. The summed E-state index contributed by atoms with van der Waals surface area (Å²) in [4.78, 5) is 59.4. The van der Waals surface area contributed by atoms with E-state index in [1.165, 1.54) is 9.80 Å². The largest absolute Gasteiger partial charge is 0.308 e. The minimum absolute atomic E-state index is 0.0117. The molecule has 0 aromatic rings. The summed E-state index contributed by atoms with van der Waals surface area (Å²) in [5.41, 5.74) is 0. The number of fused-ring (bicyclic) bond motifs is 1. The highest BCUT2D eigenvalue weighted by Crippen LogP contribution is 2.68. The van der Waals surface area contributed by atoms with Crippen molar-refractivity contribution < 1.29 is 19.2 Å². The van der Waals surface area contributed by atoms with E-state index in [1.54, 1.807) is 0 Å². The fourth-order valence-electron chi connectivity index (χ4n) is 6.77. The lowest BCUT2D eigenvalue weighted by atomic mass is 9.40. The average Bonchev–Trinajstić information content (AvgIpc) is 3.03. The molecule has 2 bridgehead atoms. The van der Waals surface area contributed by atoms with Crippen LogP contribution in [-0.2, 0) is 19.2 Å². The van der Waals surface area contributed by atoms with Crippen molar-refractivity contribution in [1.29, 1.82) is 0 Å². The van der Waals surface area contributed by atoms with E-state index < -0.39 is 0 Å². The lowest BCUT2D eigenvalue weighted by molar-refractivity contribution is -0.166. The molecule has 0 N–H and O–H groups in total. The van der Waals surface area contributed by atoms with Crippen LogP contribution in [0.25, 0.3) is 0 Å². The SMILES string of the molecule is CN(C)CCN1C(=O)[C@@H]2[C@@H](C1=O)[C@H]1[C@H]3C=C[C@H]([C@H]4C(=O)N(CCN(C)C)C(=O)[C@@H]34)[C@H]21. The van der Waals surface area contributed by atoms with Gasteiger partial charge in [-0.25, -0.2) is 0 Å². The second kappa shape index (κ2) is 6.72. The number of rotatable bonds is 6. The molecule has 162 valence electrons. The highest BCUT2D eigenvalue weighted by atomic mass is 16.2. The van der Waals surface area contributed by atoms with Crippen LogP contribution in [0.3, 0.4) is 0 Å². The standard InChI is InChI=1S/C22H30N4O4/c1-23(2)7-9-25-19(27)15-11-5-6-12(16(15)20(25)28)14-13(11)17-18(14)22(30)26(21(17)29)10-8-24(3)4/h5-6,11-18H,7-10H2,1-4H3/t11-,12+,13-,14-,15+,16-,17-,18-/m0/s1. The molecule has 4 aliphatic carbocycles. The average molecular weight is 415 g/mol. The first-order valence-electron chi connectivity index (χ1n) is 10.9. The highest BCUT2D eigenvalue weighted by molar-refractivity contribution is 6.09. The van der Waals surface area contributed by atoms with Gasteiger partial charge in [0.25, 0.3) is 0 Å². The molecule has 8 nitrogen and oxygen atoms in total. The molecule has 0 radical (unpaired) electrons. The zero-order valence-electron chi connectivity index (χ0n) is 18.0. The van der Waals surface area contributed by atoms with E-state index in [2.05, 4.69) is 12.2 Å². The summed E-state index contributed by atoms with van der Waals surface area (Å²) in [6.07, 6.45) is 4.12. The molecular weight excluding hydrogens is 384 g/mol. The number of carbonyl (C=O) groups excluding carboxylic acids is 4. The Morgan fingerprint density at radius 2 is 0.967 bits per heavy atom. The van der Waals surface area contributed by atoms with Crippen LogP contribution in [0.2, 0.25) is 0 Å². The molecule has 0 unspecified atom stereocenters. The summed E-state index contributed by atoms with van der Waals surface area (Å²) >= 11 is 0. The number of hydrogen-bond donors (Lipinski definition) is 0. The van der Waals surface area contributed by atoms with E-state index in [-0.39, 0.29) is 71.0 Å². The number of carbonyl (C=O) groups is 4. The number of nitrogens with zero attached hydrogens (tertiary/aromatic N) is 4. The minimum atomic E-state index is -0.365. The fourth-order valence-corrected chi connectivity index (χ4v) is 6.77. The maximum Gasteiger partial charge on any atom is 0.233 e. The Balaban J connectivity index is 1.41. The van der Waals surface area contributed by atoms with Crippen molar-refractivity contribution in [2.75, 3.05) is 54.4 Å². The molecule has 2 aliphatic heterocycles. The Labute approximate surface area is 176 Å². The quantitative estimate of drug-likeness (QED) is 0.425. The molecule has 6 rings (SSSR count). The van der Waals surface area contributed by atoms with Gasteiger partial charge in [0, 0.05) is 26.2 Å². The third kappa shape index (κ3) is 2.46. The summed E-state index contributed by atoms with van der Waals surface area (Å²) in [6, 6.07) is 0. The van der Waals surface area contributed by atoms with Crippen molar-refractivity contribution in [3.8, 4) is 0 Å². The predicted molar refractivity (Wildman–Crippen MR) is 108 cm³/mol. The molecule has 2 saturated heterocycles. The van der Waals surface area contributed by atoms with Crippen LogP contribution in [0.5, 0.6) is 0 Å². The molecule has 6 aliphatic rings. The smallest absolute Gasteiger partial charge is 0.233 e. The molecule has 8 atom stereocenters. The van der Waals surface area contributed by atoms with Crippen molar-refractivity contribution in [2.45, 2.75) is 0 Å². The molecule has 2 saturated carbocycles. The van der Waals surface area contributed by atoms with Crippen molar-refractivity contribution in [3.63, 3.8) is 0 Å². The minimum Gasteiger partial charge on any atom is -0.308 e. The lowest BCUT2D eigenvalue weighted by Gasteiger charge is -2.60. The van der Waals surface area contributed by atoms with Gasteiger partial charge in [-0.05, 0) is 51.9 Å². The van der Waals surface area contributed by atoms with Crippen molar-refractivity contribution in [1.82, 2.24) is 19.6 Å². The Kier molecular flexibility index (Phi) is 4.45. The van der Waals surface area contributed by atoms with E-state index in [0.717, 1.165) is 0 Å². The van der Waals surface area contributed by atoms with Gasteiger partial charge in [-0.2, -0.15) is 0 Å². The summed E-state index contributed by atoms with van der Waals surface area (Å²) in [7, 11) is 7.68. The summed E-state index contributed by atoms with van der Waals surface area (Å²) < 4.78 is 0. The first-order chi connectivity index (χ1) is 14.2. The third-order valence-corrected chi connectivity index (χ3v) is 8.07. The monoisotopic (exact) mass is 414 g/mol. The van der Waals surface area contributed by atoms with E-state index in [4.69, 9.17) is 0 Å². The predicted octanol–water partition coefficient (Wildman–Crippen LogP) is -0.626. The van der Waals surface area contributed by atoms with E-state index >= 15 is 0 Å². The molecule has 8 heteroatoms. The summed E-state index contributed by atoms with van der Waals surface area (Å²) in [5, 5.41) is 0. The molecule has 0 aromatic carbocycles. The maximum atomic E-state index is 13.2. The molecule has 30 heavy (non-hydrogen) atoms. The highest BCUT2D eigenvalue weighted by Gasteiger charge is 2.74. The second-order valence-electron chi connectivity index (χ2n) is 10.1. The number of amides is 4. The first-order valence-corrected chi connectivity index (χ1v) is 10.9. The van der Waals surface area contributed by atoms with Crippen molar-refractivity contribution >= 4 is 23.6 Å². The van der Waals surface area contributed by atoms with Gasteiger partial charge >= 0.3 is 0 Å². The first kappa shape index (κ1) is 19.9. The number of likely N-dealkylation sites (N-methyl/N-ethyl adjacent to an activating group) is 2. The van der Waals surface area contributed by atoms with Gasteiger partial charge in [0.05, 0.1) is 23.7 Å². The van der Waals surface area contributed by atoms with Gasteiger partial charge in [0.1, 0.15) is 0 Å². The second-order valence-corrected chi connectivity index (χ2v) is 10.1.